The number of pyridine rings is 1. The second kappa shape index (κ2) is 7.45. The van der Waals surface area contributed by atoms with Crippen LogP contribution in [0.4, 0.5) is 0 Å². The fourth-order valence-corrected chi connectivity index (χ4v) is 3.03. The largest absolute Gasteiger partial charge is 0.385 e. The van der Waals surface area contributed by atoms with Gasteiger partial charge < -0.3 is 13.9 Å². The first-order valence-electron chi connectivity index (χ1n) is 8.57. The van der Waals surface area contributed by atoms with Gasteiger partial charge in [-0.2, -0.15) is 0 Å². The van der Waals surface area contributed by atoms with Crippen LogP contribution in [0.25, 0.3) is 22.3 Å². The smallest absolute Gasteiger partial charge is 0.152 e. The zero-order chi connectivity index (χ0) is 17.8. The normalized spacial score (nSPS) is 11.3. The molecular weight excluding hydrogens is 328 g/mol. The Morgan fingerprint density at radius 3 is 2.96 bits per heavy atom. The lowest BCUT2D eigenvalue weighted by Crippen LogP contribution is -2.10. The van der Waals surface area contributed by atoms with Crippen LogP contribution in [-0.2, 0) is 17.8 Å². The van der Waals surface area contributed by atoms with E-state index >= 15 is 0 Å². The van der Waals surface area contributed by atoms with E-state index in [9.17, 15) is 0 Å². The number of ether oxygens (including phenoxy) is 1. The van der Waals surface area contributed by atoms with Gasteiger partial charge in [0.1, 0.15) is 12.2 Å². The van der Waals surface area contributed by atoms with Gasteiger partial charge in [0.2, 0.25) is 0 Å². The van der Waals surface area contributed by atoms with Gasteiger partial charge in [-0.05, 0) is 30.7 Å². The van der Waals surface area contributed by atoms with Crippen molar-refractivity contribution in [2.75, 3.05) is 13.7 Å². The van der Waals surface area contributed by atoms with Crippen LogP contribution in [0.1, 0.15) is 12.2 Å². The molecule has 132 valence electrons. The van der Waals surface area contributed by atoms with Crippen molar-refractivity contribution in [3.63, 3.8) is 0 Å². The standard InChI is InChI=1S/C19H20N6O/c1-26-11-3-9-25-14-22-23-18(25)13-24-10-8-21-19(24)16-5-6-17-15(12-16)4-2-7-20-17/h2,4-8,10,12,14H,3,9,11,13H2,1H3. The summed E-state index contributed by atoms with van der Waals surface area (Å²) in [7, 11) is 1.71. The molecule has 7 heteroatoms. The fourth-order valence-electron chi connectivity index (χ4n) is 3.03. The first-order valence-corrected chi connectivity index (χ1v) is 8.57. The molecule has 0 aliphatic carbocycles. The van der Waals surface area contributed by atoms with E-state index in [1.165, 1.54) is 0 Å². The average Bonchev–Trinajstić information content (AvgIpc) is 3.32. The van der Waals surface area contributed by atoms with Gasteiger partial charge in [-0.3, -0.25) is 4.98 Å². The van der Waals surface area contributed by atoms with Crippen molar-refractivity contribution in [3.05, 3.63) is 61.1 Å². The Bertz CT molecular complexity index is 1010. The summed E-state index contributed by atoms with van der Waals surface area (Å²) in [6, 6.07) is 10.2. The van der Waals surface area contributed by atoms with Gasteiger partial charge >= 0.3 is 0 Å². The minimum atomic E-state index is 0.618. The maximum Gasteiger partial charge on any atom is 0.152 e. The molecule has 4 aromatic rings. The van der Waals surface area contributed by atoms with Gasteiger partial charge in [0.15, 0.2) is 5.82 Å². The number of hydrogen-bond acceptors (Lipinski definition) is 5. The quantitative estimate of drug-likeness (QED) is 0.480. The second-order valence-corrected chi connectivity index (χ2v) is 6.08. The Morgan fingerprint density at radius 2 is 2.04 bits per heavy atom. The first kappa shape index (κ1) is 16.4. The zero-order valence-corrected chi connectivity index (χ0v) is 14.6. The van der Waals surface area contributed by atoms with E-state index in [4.69, 9.17) is 4.74 Å². The Balaban J connectivity index is 1.60. The van der Waals surface area contributed by atoms with Crippen LogP contribution in [0, 0.1) is 0 Å². The van der Waals surface area contributed by atoms with Gasteiger partial charge in [-0.1, -0.05) is 6.07 Å². The molecule has 0 spiro atoms. The molecule has 0 saturated heterocycles. The van der Waals surface area contributed by atoms with Crippen molar-refractivity contribution >= 4 is 10.9 Å². The zero-order valence-electron chi connectivity index (χ0n) is 14.6. The Hall–Kier alpha value is -3.06. The number of fused-ring (bicyclic) bond motifs is 1. The van der Waals surface area contributed by atoms with E-state index in [0.717, 1.165) is 47.7 Å². The highest BCUT2D eigenvalue weighted by Crippen LogP contribution is 2.22. The molecular formula is C19H20N6O. The lowest BCUT2D eigenvalue weighted by molar-refractivity contribution is 0.190. The number of methoxy groups -OCH3 is 1. The van der Waals surface area contributed by atoms with Crippen molar-refractivity contribution in [3.8, 4) is 11.4 Å². The highest BCUT2D eigenvalue weighted by Gasteiger charge is 2.11. The molecule has 0 amide bonds. The lowest BCUT2D eigenvalue weighted by Gasteiger charge is -2.10. The summed E-state index contributed by atoms with van der Waals surface area (Å²) < 4.78 is 9.28. The van der Waals surface area contributed by atoms with Crippen LogP contribution >= 0.6 is 0 Å². The van der Waals surface area contributed by atoms with E-state index in [1.807, 2.05) is 24.5 Å². The van der Waals surface area contributed by atoms with Crippen molar-refractivity contribution in [2.24, 2.45) is 0 Å². The SMILES string of the molecule is COCCCn1cnnc1Cn1ccnc1-c1ccc2ncccc2c1. The predicted octanol–water partition coefficient (Wildman–Crippen LogP) is 2.77. The summed E-state index contributed by atoms with van der Waals surface area (Å²) in [6.07, 6.45) is 8.28. The van der Waals surface area contributed by atoms with Crippen molar-refractivity contribution < 1.29 is 4.74 Å². The Kier molecular flexibility index (Phi) is 4.70. The van der Waals surface area contributed by atoms with Gasteiger partial charge in [0.05, 0.1) is 12.1 Å². The molecule has 0 radical (unpaired) electrons. The van der Waals surface area contributed by atoms with Crippen LogP contribution in [0.5, 0.6) is 0 Å². The molecule has 0 aliphatic heterocycles. The summed E-state index contributed by atoms with van der Waals surface area (Å²) >= 11 is 0. The topological polar surface area (TPSA) is 70.7 Å². The summed E-state index contributed by atoms with van der Waals surface area (Å²) in [5, 5.41) is 9.42. The number of imidazole rings is 1. The average molecular weight is 348 g/mol. The van der Waals surface area contributed by atoms with Crippen LogP contribution in [0.2, 0.25) is 0 Å². The Labute approximate surface area is 151 Å². The molecule has 0 aliphatic rings. The third-order valence-corrected chi connectivity index (χ3v) is 4.33. The maximum atomic E-state index is 5.12. The molecule has 7 nitrogen and oxygen atoms in total. The number of hydrogen-bond donors (Lipinski definition) is 0. The van der Waals surface area contributed by atoms with Gasteiger partial charge in [0, 0.05) is 49.8 Å². The summed E-state index contributed by atoms with van der Waals surface area (Å²) in [5.74, 6) is 1.81. The van der Waals surface area contributed by atoms with Gasteiger partial charge in [-0.25, -0.2) is 4.98 Å². The molecule has 26 heavy (non-hydrogen) atoms. The van der Waals surface area contributed by atoms with Crippen molar-refractivity contribution in [1.29, 1.82) is 0 Å². The third-order valence-electron chi connectivity index (χ3n) is 4.33. The predicted molar refractivity (Wildman–Crippen MR) is 98.6 cm³/mol. The van der Waals surface area contributed by atoms with Gasteiger partial charge in [-0.15, -0.1) is 10.2 Å². The van der Waals surface area contributed by atoms with E-state index < -0.39 is 0 Å². The van der Waals surface area contributed by atoms with Crippen molar-refractivity contribution in [2.45, 2.75) is 19.5 Å². The molecule has 0 N–H and O–H groups in total. The van der Waals surface area contributed by atoms with Crippen LogP contribution in [0.3, 0.4) is 0 Å². The molecule has 4 rings (SSSR count). The fraction of sp³-hybridized carbons (Fsp3) is 0.263. The highest BCUT2D eigenvalue weighted by molar-refractivity contribution is 5.83. The van der Waals surface area contributed by atoms with Crippen LogP contribution in [0.15, 0.2) is 55.2 Å². The summed E-state index contributed by atoms with van der Waals surface area (Å²) in [4.78, 5) is 8.92. The molecule has 1 aromatic carbocycles. The third kappa shape index (κ3) is 3.34. The second-order valence-electron chi connectivity index (χ2n) is 6.08. The van der Waals surface area contributed by atoms with Crippen molar-refractivity contribution in [1.82, 2.24) is 29.3 Å². The van der Waals surface area contributed by atoms with E-state index in [-0.39, 0.29) is 0 Å². The molecule has 0 atom stereocenters. The van der Waals surface area contributed by atoms with Crippen LogP contribution < -0.4 is 0 Å². The minimum absolute atomic E-state index is 0.618. The van der Waals surface area contributed by atoms with Crippen LogP contribution in [-0.4, -0.2) is 43.0 Å². The number of nitrogens with zero attached hydrogens (tertiary/aromatic N) is 6. The number of aryl methyl sites for hydroxylation is 1. The number of benzene rings is 1. The number of aromatic nitrogens is 6. The highest BCUT2D eigenvalue weighted by atomic mass is 16.5. The maximum absolute atomic E-state index is 5.12. The molecule has 3 aromatic heterocycles. The van der Waals surface area contributed by atoms with E-state index in [2.05, 4.69) is 47.5 Å². The molecule has 0 bridgehead atoms. The number of rotatable bonds is 7. The first-order chi connectivity index (χ1) is 12.8. The molecule has 0 unspecified atom stereocenters. The lowest BCUT2D eigenvalue weighted by atomic mass is 10.1. The molecule has 0 fully saturated rings. The summed E-state index contributed by atoms with van der Waals surface area (Å²) in [6.45, 7) is 2.17. The molecule has 0 saturated carbocycles. The molecule has 3 heterocycles. The van der Waals surface area contributed by atoms with E-state index in [0.29, 0.717) is 6.54 Å². The van der Waals surface area contributed by atoms with E-state index in [1.54, 1.807) is 19.6 Å². The van der Waals surface area contributed by atoms with Gasteiger partial charge in [0.25, 0.3) is 0 Å². The Morgan fingerprint density at radius 1 is 1.08 bits per heavy atom. The summed E-state index contributed by atoms with van der Waals surface area (Å²) in [5.41, 5.74) is 2.04. The monoisotopic (exact) mass is 348 g/mol. The minimum Gasteiger partial charge on any atom is -0.385 e.